The van der Waals surface area contributed by atoms with Gasteiger partial charge >= 0.3 is 6.61 Å². The molecule has 17 heavy (non-hydrogen) atoms. The molecule has 0 aliphatic heterocycles. The molecule has 0 aromatic heterocycles. The molecule has 0 heterocycles. The number of Topliss-reactive ketones (excluding diaryl/α,β-unsaturated/α-hetero) is 1. The molecule has 0 amide bonds. The number of carbonyl (C=O) groups is 1. The maximum atomic E-state index is 12.1. The lowest BCUT2D eigenvalue weighted by Crippen LogP contribution is -2.23. The van der Waals surface area contributed by atoms with Gasteiger partial charge in [-0.1, -0.05) is 32.9 Å². The highest BCUT2D eigenvalue weighted by Crippen LogP contribution is 2.27. The van der Waals surface area contributed by atoms with E-state index in [9.17, 15) is 13.6 Å². The van der Waals surface area contributed by atoms with Crippen molar-refractivity contribution in [3.63, 3.8) is 0 Å². The van der Waals surface area contributed by atoms with Crippen molar-refractivity contribution in [1.82, 2.24) is 0 Å². The van der Waals surface area contributed by atoms with E-state index in [1.54, 1.807) is 6.07 Å². The fourth-order valence-corrected chi connectivity index (χ4v) is 1.36. The fraction of sp³-hybridized carbons (Fsp3) is 0.462. The van der Waals surface area contributed by atoms with E-state index in [-0.39, 0.29) is 11.5 Å². The summed E-state index contributed by atoms with van der Waals surface area (Å²) in [5.41, 5.74) is -0.0984. The summed E-state index contributed by atoms with van der Waals surface area (Å²) in [5.74, 6) is -0.0579. The van der Waals surface area contributed by atoms with E-state index < -0.39 is 12.0 Å². The van der Waals surface area contributed by atoms with E-state index in [1.807, 2.05) is 20.8 Å². The van der Waals surface area contributed by atoms with Gasteiger partial charge < -0.3 is 4.74 Å². The van der Waals surface area contributed by atoms with E-state index in [0.717, 1.165) is 0 Å². The smallest absolute Gasteiger partial charge is 0.387 e. The first-order valence-electron chi connectivity index (χ1n) is 5.46. The molecule has 0 radical (unpaired) electrons. The Morgan fingerprint density at radius 3 is 2.59 bits per heavy atom. The summed E-state index contributed by atoms with van der Waals surface area (Å²) >= 11 is 0. The predicted octanol–water partition coefficient (Wildman–Crippen LogP) is 3.91. The van der Waals surface area contributed by atoms with Crippen LogP contribution in [0.15, 0.2) is 24.3 Å². The molecule has 0 fully saturated rings. The first-order chi connectivity index (χ1) is 7.86. The largest absolute Gasteiger partial charge is 0.435 e. The van der Waals surface area contributed by atoms with E-state index >= 15 is 0 Å². The Balaban J connectivity index is 2.96. The Morgan fingerprint density at radius 1 is 1.41 bits per heavy atom. The van der Waals surface area contributed by atoms with E-state index in [4.69, 9.17) is 0 Å². The first kappa shape index (κ1) is 13.6. The van der Waals surface area contributed by atoms with Crippen LogP contribution in [0.1, 0.15) is 37.6 Å². The summed E-state index contributed by atoms with van der Waals surface area (Å²) in [6.45, 7) is 2.70. The van der Waals surface area contributed by atoms with Crippen LogP contribution in [0.2, 0.25) is 0 Å². The molecule has 1 aromatic carbocycles. The molecule has 0 bridgehead atoms. The third-order valence-corrected chi connectivity index (χ3v) is 2.82. The molecule has 0 saturated heterocycles. The fourth-order valence-electron chi connectivity index (χ4n) is 1.36. The number of rotatable bonds is 5. The standard InChI is InChI=1S/C13H16F2O2/c1-4-13(2,3)11(16)9-6-5-7-10(8-9)17-12(14)15/h5-8,12H,4H2,1-3H3. The monoisotopic (exact) mass is 242 g/mol. The topological polar surface area (TPSA) is 26.3 Å². The Morgan fingerprint density at radius 2 is 2.06 bits per heavy atom. The maximum absolute atomic E-state index is 12.1. The van der Waals surface area contributed by atoms with Gasteiger partial charge in [-0.2, -0.15) is 8.78 Å². The van der Waals surface area contributed by atoms with Gasteiger partial charge in [-0.25, -0.2) is 0 Å². The lowest BCUT2D eigenvalue weighted by Gasteiger charge is -2.21. The zero-order valence-corrected chi connectivity index (χ0v) is 10.2. The van der Waals surface area contributed by atoms with E-state index in [1.165, 1.54) is 18.2 Å². The molecule has 1 rings (SSSR count). The lowest BCUT2D eigenvalue weighted by molar-refractivity contribution is -0.0498. The molecule has 0 atom stereocenters. The van der Waals surface area contributed by atoms with Crippen LogP contribution in [0.5, 0.6) is 5.75 Å². The zero-order chi connectivity index (χ0) is 13.1. The van der Waals surface area contributed by atoms with Crippen molar-refractivity contribution in [3.8, 4) is 5.75 Å². The lowest BCUT2D eigenvalue weighted by atomic mass is 9.82. The molecule has 0 aliphatic rings. The van der Waals surface area contributed by atoms with Gasteiger partial charge in [0, 0.05) is 11.0 Å². The Hall–Kier alpha value is -1.45. The average molecular weight is 242 g/mol. The molecule has 0 unspecified atom stereocenters. The van der Waals surface area contributed by atoms with Gasteiger partial charge in [0.15, 0.2) is 5.78 Å². The van der Waals surface area contributed by atoms with Crippen molar-refractivity contribution in [2.75, 3.05) is 0 Å². The van der Waals surface area contributed by atoms with Crippen molar-refractivity contribution in [3.05, 3.63) is 29.8 Å². The molecule has 2 nitrogen and oxygen atoms in total. The number of carbonyl (C=O) groups excluding carboxylic acids is 1. The van der Waals surface area contributed by atoms with Gasteiger partial charge in [0.1, 0.15) is 5.75 Å². The van der Waals surface area contributed by atoms with Gasteiger partial charge in [-0.15, -0.1) is 0 Å². The van der Waals surface area contributed by atoms with Crippen LogP contribution in [-0.4, -0.2) is 12.4 Å². The normalized spacial score (nSPS) is 11.6. The minimum atomic E-state index is -2.88. The highest BCUT2D eigenvalue weighted by atomic mass is 19.3. The summed E-state index contributed by atoms with van der Waals surface area (Å²) in [7, 11) is 0. The molecule has 0 aliphatic carbocycles. The molecule has 0 spiro atoms. The Labute approximate surface area is 99.6 Å². The third kappa shape index (κ3) is 3.51. The van der Waals surface area contributed by atoms with Crippen molar-refractivity contribution in [2.45, 2.75) is 33.8 Å². The number of hydrogen-bond acceptors (Lipinski definition) is 2. The van der Waals surface area contributed by atoms with Crippen molar-refractivity contribution >= 4 is 5.78 Å². The van der Waals surface area contributed by atoms with Crippen molar-refractivity contribution < 1.29 is 18.3 Å². The van der Waals surface area contributed by atoms with E-state index in [0.29, 0.717) is 12.0 Å². The first-order valence-corrected chi connectivity index (χ1v) is 5.46. The molecule has 1 aromatic rings. The Bertz CT molecular complexity index is 400. The van der Waals surface area contributed by atoms with Crippen molar-refractivity contribution in [1.29, 1.82) is 0 Å². The highest BCUT2D eigenvalue weighted by molar-refractivity contribution is 6.00. The Kier molecular flexibility index (Phi) is 4.21. The molecular formula is C13H16F2O2. The number of alkyl halides is 2. The predicted molar refractivity (Wildman–Crippen MR) is 61.5 cm³/mol. The zero-order valence-electron chi connectivity index (χ0n) is 10.2. The minimum absolute atomic E-state index is 0.0118. The van der Waals surface area contributed by atoms with Gasteiger partial charge in [-0.3, -0.25) is 4.79 Å². The molecule has 4 heteroatoms. The minimum Gasteiger partial charge on any atom is -0.435 e. The summed E-state index contributed by atoms with van der Waals surface area (Å²) in [5, 5.41) is 0. The SMILES string of the molecule is CCC(C)(C)C(=O)c1cccc(OC(F)F)c1. The second-order valence-corrected chi connectivity index (χ2v) is 4.47. The number of benzene rings is 1. The van der Waals surface area contributed by atoms with Crippen LogP contribution in [-0.2, 0) is 0 Å². The molecular weight excluding hydrogens is 226 g/mol. The number of ketones is 1. The van der Waals surface area contributed by atoms with Crippen LogP contribution in [0, 0.1) is 5.41 Å². The van der Waals surface area contributed by atoms with Crippen LogP contribution in [0.3, 0.4) is 0 Å². The van der Waals surface area contributed by atoms with Crippen LogP contribution >= 0.6 is 0 Å². The second-order valence-electron chi connectivity index (χ2n) is 4.47. The molecule has 94 valence electrons. The maximum Gasteiger partial charge on any atom is 0.387 e. The third-order valence-electron chi connectivity index (χ3n) is 2.82. The quantitative estimate of drug-likeness (QED) is 0.732. The number of halogens is 2. The van der Waals surface area contributed by atoms with Crippen LogP contribution < -0.4 is 4.74 Å². The van der Waals surface area contributed by atoms with Crippen molar-refractivity contribution in [2.24, 2.45) is 5.41 Å². The van der Waals surface area contributed by atoms with E-state index in [2.05, 4.69) is 4.74 Å². The van der Waals surface area contributed by atoms with Crippen LogP contribution in [0.25, 0.3) is 0 Å². The second kappa shape index (κ2) is 5.25. The van der Waals surface area contributed by atoms with Crippen LogP contribution in [0.4, 0.5) is 8.78 Å². The summed E-state index contributed by atoms with van der Waals surface area (Å²) in [4.78, 5) is 12.1. The van der Waals surface area contributed by atoms with Gasteiger partial charge in [0.2, 0.25) is 0 Å². The molecule has 0 saturated carbocycles. The summed E-state index contributed by atoms with van der Waals surface area (Å²) in [6, 6.07) is 5.91. The average Bonchev–Trinajstić information content (AvgIpc) is 2.27. The summed E-state index contributed by atoms with van der Waals surface area (Å²) in [6.07, 6.45) is 0.686. The van der Waals surface area contributed by atoms with Gasteiger partial charge in [0.05, 0.1) is 0 Å². The number of hydrogen-bond donors (Lipinski definition) is 0. The van der Waals surface area contributed by atoms with Gasteiger partial charge in [0.25, 0.3) is 0 Å². The highest BCUT2D eigenvalue weighted by Gasteiger charge is 2.26. The van der Waals surface area contributed by atoms with Gasteiger partial charge in [-0.05, 0) is 18.6 Å². The molecule has 0 N–H and O–H groups in total. The number of ether oxygens (including phenoxy) is 1. The summed E-state index contributed by atoms with van der Waals surface area (Å²) < 4.78 is 28.4.